The Hall–Kier alpha value is -0.800. The van der Waals surface area contributed by atoms with Gasteiger partial charge in [-0.2, -0.15) is 0 Å². The molecule has 0 bridgehead atoms. The zero-order valence-corrected chi connectivity index (χ0v) is 7.37. The van der Waals surface area contributed by atoms with Gasteiger partial charge in [-0.1, -0.05) is 51.4 Å². The van der Waals surface area contributed by atoms with Crippen molar-refractivity contribution in [3.8, 4) is 0 Å². The Balaban J connectivity index is 0.000000261. The molecule has 0 radical (unpaired) electrons. The molecule has 4 nitrogen and oxygen atoms in total. The molecule has 0 aromatic rings. The SMILES string of the molecule is C1CCCCCCC1.O=[N+]([O-])O. The summed E-state index contributed by atoms with van der Waals surface area (Å²) in [6.07, 6.45) is 12.0. The lowest BCUT2D eigenvalue weighted by molar-refractivity contribution is -0.742. The van der Waals surface area contributed by atoms with Crippen molar-refractivity contribution in [2.24, 2.45) is 0 Å². The maximum Gasteiger partial charge on any atom is 0.291 e. The van der Waals surface area contributed by atoms with Crippen molar-refractivity contribution < 1.29 is 10.3 Å². The highest BCUT2D eigenvalue weighted by atomic mass is 16.9. The molecule has 0 spiro atoms. The summed E-state index contributed by atoms with van der Waals surface area (Å²) < 4.78 is 0. The maximum absolute atomic E-state index is 8.36. The largest absolute Gasteiger partial charge is 0.328 e. The molecule has 72 valence electrons. The van der Waals surface area contributed by atoms with Crippen molar-refractivity contribution in [1.82, 2.24) is 0 Å². The van der Waals surface area contributed by atoms with E-state index in [0.717, 1.165) is 0 Å². The van der Waals surface area contributed by atoms with Gasteiger partial charge in [0.05, 0.1) is 0 Å². The highest BCUT2D eigenvalue weighted by Gasteiger charge is 1.95. The van der Waals surface area contributed by atoms with Gasteiger partial charge >= 0.3 is 0 Å². The molecule has 0 aromatic carbocycles. The molecule has 12 heavy (non-hydrogen) atoms. The topological polar surface area (TPSA) is 63.4 Å². The van der Waals surface area contributed by atoms with Gasteiger partial charge in [0.1, 0.15) is 0 Å². The molecule has 1 aliphatic rings. The van der Waals surface area contributed by atoms with Crippen LogP contribution in [0.25, 0.3) is 0 Å². The summed E-state index contributed by atoms with van der Waals surface area (Å²) in [4.78, 5) is 8.36. The predicted molar refractivity (Wildman–Crippen MR) is 45.7 cm³/mol. The summed E-state index contributed by atoms with van der Waals surface area (Å²) in [7, 11) is 0. The first kappa shape index (κ1) is 11.2. The van der Waals surface area contributed by atoms with E-state index in [0.29, 0.717) is 0 Å². The maximum atomic E-state index is 8.36. The highest BCUT2D eigenvalue weighted by Crippen LogP contribution is 2.15. The van der Waals surface area contributed by atoms with E-state index in [4.69, 9.17) is 15.3 Å². The molecule has 1 saturated carbocycles. The Morgan fingerprint density at radius 1 is 0.833 bits per heavy atom. The molecule has 0 saturated heterocycles. The van der Waals surface area contributed by atoms with Gasteiger partial charge in [-0.25, -0.2) is 0 Å². The molecule has 1 fully saturated rings. The molecule has 1 N–H and O–H groups in total. The van der Waals surface area contributed by atoms with Crippen LogP contribution in [0.15, 0.2) is 0 Å². The van der Waals surface area contributed by atoms with Crippen molar-refractivity contribution >= 4 is 0 Å². The van der Waals surface area contributed by atoms with Crippen LogP contribution in [0, 0.1) is 10.1 Å². The summed E-state index contributed by atoms with van der Waals surface area (Å²) in [5, 5.41) is 13.6. The van der Waals surface area contributed by atoms with E-state index in [1.54, 1.807) is 0 Å². The summed E-state index contributed by atoms with van der Waals surface area (Å²) in [6.45, 7) is 0. The van der Waals surface area contributed by atoms with Crippen LogP contribution in [0.2, 0.25) is 0 Å². The molecule has 0 aromatic heterocycles. The van der Waals surface area contributed by atoms with E-state index in [2.05, 4.69) is 0 Å². The number of rotatable bonds is 0. The Labute approximate surface area is 72.7 Å². The summed E-state index contributed by atoms with van der Waals surface area (Å²) in [5.74, 6) is 0. The zero-order valence-electron chi connectivity index (χ0n) is 7.37. The van der Waals surface area contributed by atoms with E-state index in [-0.39, 0.29) is 0 Å². The molecule has 0 heterocycles. The monoisotopic (exact) mass is 175 g/mol. The number of hydrogen-bond acceptors (Lipinski definition) is 2. The first-order valence-corrected chi connectivity index (χ1v) is 4.57. The third-order valence-corrected chi connectivity index (χ3v) is 2.00. The van der Waals surface area contributed by atoms with Gasteiger partial charge in [0.2, 0.25) is 0 Å². The van der Waals surface area contributed by atoms with Crippen LogP contribution in [-0.4, -0.2) is 10.3 Å². The van der Waals surface area contributed by atoms with Crippen molar-refractivity contribution in [1.29, 1.82) is 0 Å². The van der Waals surface area contributed by atoms with E-state index in [1.165, 1.54) is 51.4 Å². The smallest absolute Gasteiger partial charge is 0.291 e. The van der Waals surface area contributed by atoms with Gasteiger partial charge in [-0.3, -0.25) is 0 Å². The van der Waals surface area contributed by atoms with Crippen LogP contribution in [0.4, 0.5) is 0 Å². The van der Waals surface area contributed by atoms with Crippen molar-refractivity contribution in [3.05, 3.63) is 10.1 Å². The molecule has 1 rings (SSSR count). The fourth-order valence-electron chi connectivity index (χ4n) is 1.41. The second-order valence-corrected chi connectivity index (χ2v) is 3.07. The third kappa shape index (κ3) is 11.9. The predicted octanol–water partition coefficient (Wildman–Crippen LogP) is 2.77. The van der Waals surface area contributed by atoms with E-state index < -0.39 is 5.09 Å². The van der Waals surface area contributed by atoms with Gasteiger partial charge in [0.15, 0.2) is 0 Å². The molecule has 0 amide bonds. The second kappa shape index (κ2) is 8.30. The van der Waals surface area contributed by atoms with E-state index in [1.807, 2.05) is 0 Å². The van der Waals surface area contributed by atoms with Gasteiger partial charge in [-0.15, -0.1) is 10.1 Å². The van der Waals surface area contributed by atoms with Crippen LogP contribution < -0.4 is 0 Å². The third-order valence-electron chi connectivity index (χ3n) is 2.00. The average molecular weight is 175 g/mol. The van der Waals surface area contributed by atoms with Gasteiger partial charge in [-0.05, 0) is 0 Å². The van der Waals surface area contributed by atoms with Crippen molar-refractivity contribution in [3.63, 3.8) is 0 Å². The molecular formula is C8H17NO3. The lowest BCUT2D eigenvalue weighted by Crippen LogP contribution is -1.85. The van der Waals surface area contributed by atoms with Crippen LogP contribution in [0.5, 0.6) is 0 Å². The van der Waals surface area contributed by atoms with E-state index in [9.17, 15) is 0 Å². The first-order chi connectivity index (χ1) is 5.73. The van der Waals surface area contributed by atoms with Crippen LogP contribution in [0.3, 0.4) is 0 Å². The summed E-state index contributed by atoms with van der Waals surface area (Å²) in [6, 6.07) is 0. The molecule has 0 aliphatic heterocycles. The minimum absolute atomic E-state index is 1.50. The Bertz CT molecular complexity index is 88.9. The van der Waals surface area contributed by atoms with Crippen LogP contribution in [0.1, 0.15) is 51.4 Å². The lowest BCUT2D eigenvalue weighted by Gasteiger charge is -2.05. The minimum atomic E-state index is -1.50. The Kier molecular flexibility index (Phi) is 7.74. The highest BCUT2D eigenvalue weighted by molar-refractivity contribution is 4.51. The van der Waals surface area contributed by atoms with Gasteiger partial charge < -0.3 is 5.21 Å². The fraction of sp³-hybridized carbons (Fsp3) is 1.00. The standard InChI is InChI=1S/C8H16.HNO3/c1-2-4-6-8-7-5-3-1;2-1(3)4/h1-8H2;(H,2,3,4). The quantitative estimate of drug-likeness (QED) is 0.454. The van der Waals surface area contributed by atoms with Gasteiger partial charge in [0, 0.05) is 0 Å². The molecule has 0 unspecified atom stereocenters. The van der Waals surface area contributed by atoms with E-state index >= 15 is 0 Å². The van der Waals surface area contributed by atoms with Crippen LogP contribution >= 0.6 is 0 Å². The van der Waals surface area contributed by atoms with Crippen LogP contribution in [-0.2, 0) is 0 Å². The normalized spacial score (nSPS) is 18.0. The molecule has 0 atom stereocenters. The van der Waals surface area contributed by atoms with Crippen molar-refractivity contribution in [2.75, 3.05) is 0 Å². The lowest BCUT2D eigenvalue weighted by atomic mass is 10.0. The Morgan fingerprint density at radius 3 is 1.00 bits per heavy atom. The minimum Gasteiger partial charge on any atom is -0.328 e. The Morgan fingerprint density at radius 2 is 0.917 bits per heavy atom. The summed E-state index contributed by atoms with van der Waals surface area (Å²) >= 11 is 0. The fourth-order valence-corrected chi connectivity index (χ4v) is 1.41. The van der Waals surface area contributed by atoms with Gasteiger partial charge in [0.25, 0.3) is 5.09 Å². The molecular weight excluding hydrogens is 158 g/mol. The second-order valence-electron chi connectivity index (χ2n) is 3.07. The first-order valence-electron chi connectivity index (χ1n) is 4.57. The number of nitrogens with zero attached hydrogens (tertiary/aromatic N) is 1. The summed E-state index contributed by atoms with van der Waals surface area (Å²) in [5.41, 5.74) is 0. The van der Waals surface area contributed by atoms with Crippen molar-refractivity contribution in [2.45, 2.75) is 51.4 Å². The number of hydrogen-bond donors (Lipinski definition) is 1. The molecule has 4 heteroatoms. The molecule has 1 aliphatic carbocycles. The average Bonchev–Trinajstić information content (AvgIpc) is 1.82. The zero-order chi connectivity index (χ0) is 9.23.